The lowest BCUT2D eigenvalue weighted by Crippen LogP contribution is -2.38. The van der Waals surface area contributed by atoms with Crippen LogP contribution >= 0.6 is 0 Å². The monoisotopic (exact) mass is 482 g/mol. The maximum absolute atomic E-state index is 13.0. The molecule has 0 unspecified atom stereocenters. The van der Waals surface area contributed by atoms with Gasteiger partial charge in [0, 0.05) is 60.8 Å². The van der Waals surface area contributed by atoms with E-state index in [-0.39, 0.29) is 29.4 Å². The topological polar surface area (TPSA) is 126 Å². The average molecular weight is 483 g/mol. The Hall–Kier alpha value is -4.66. The van der Waals surface area contributed by atoms with Gasteiger partial charge >= 0.3 is 0 Å². The predicted octanol–water partition coefficient (Wildman–Crippen LogP) is 3.08. The van der Waals surface area contributed by atoms with Crippen LogP contribution in [-0.2, 0) is 7.05 Å². The lowest BCUT2D eigenvalue weighted by atomic mass is 10.0. The molecule has 1 fully saturated rings. The average Bonchev–Trinajstić information content (AvgIpc) is 3.53. The van der Waals surface area contributed by atoms with Gasteiger partial charge in [0.1, 0.15) is 11.6 Å². The predicted molar refractivity (Wildman–Crippen MR) is 136 cm³/mol. The SMILES string of the molecule is Cn1cc(-c2cnc(N)c(C(=O)N[C@@H]3CCN(C(=O)c4ccc(-c5ccccc5O)cc4)C3)c2)cn1. The molecule has 1 saturated heterocycles. The number of hydrogen-bond donors (Lipinski definition) is 3. The molecule has 9 nitrogen and oxygen atoms in total. The van der Waals surface area contributed by atoms with E-state index in [1.165, 1.54) is 0 Å². The van der Waals surface area contributed by atoms with Gasteiger partial charge in [-0.25, -0.2) is 4.98 Å². The summed E-state index contributed by atoms with van der Waals surface area (Å²) in [5, 5.41) is 17.2. The summed E-state index contributed by atoms with van der Waals surface area (Å²) in [4.78, 5) is 31.9. The molecule has 1 aliphatic rings. The van der Waals surface area contributed by atoms with Gasteiger partial charge in [-0.1, -0.05) is 30.3 Å². The Morgan fingerprint density at radius 1 is 1.06 bits per heavy atom. The molecule has 5 rings (SSSR count). The zero-order valence-electron chi connectivity index (χ0n) is 19.8. The fraction of sp³-hybridized carbons (Fsp3) is 0.185. The highest BCUT2D eigenvalue weighted by Crippen LogP contribution is 2.29. The lowest BCUT2D eigenvalue weighted by Gasteiger charge is -2.18. The van der Waals surface area contributed by atoms with Gasteiger partial charge in [0.15, 0.2) is 0 Å². The fourth-order valence-electron chi connectivity index (χ4n) is 4.40. The van der Waals surface area contributed by atoms with Gasteiger partial charge in [-0.2, -0.15) is 5.10 Å². The second-order valence-electron chi connectivity index (χ2n) is 8.86. The maximum atomic E-state index is 13.0. The summed E-state index contributed by atoms with van der Waals surface area (Å²) in [5.74, 6) is -0.0838. The third-order valence-corrected chi connectivity index (χ3v) is 6.36. The van der Waals surface area contributed by atoms with Gasteiger partial charge in [0.05, 0.1) is 11.8 Å². The first-order chi connectivity index (χ1) is 17.4. The summed E-state index contributed by atoms with van der Waals surface area (Å²) in [6.45, 7) is 0.940. The molecule has 1 atom stereocenters. The number of carbonyl (C=O) groups is 2. The van der Waals surface area contributed by atoms with Crippen LogP contribution in [-0.4, -0.2) is 55.7 Å². The van der Waals surface area contributed by atoms with Crippen molar-refractivity contribution >= 4 is 17.6 Å². The quantitative estimate of drug-likeness (QED) is 0.401. The third kappa shape index (κ3) is 4.63. The Labute approximate surface area is 208 Å². The van der Waals surface area contributed by atoms with Crippen LogP contribution in [0.1, 0.15) is 27.1 Å². The standard InChI is InChI=1S/C27H26N6O3/c1-32-15-20(14-30-32)19-12-23(25(28)29-13-19)26(35)31-21-10-11-33(16-21)27(36)18-8-6-17(7-9-18)22-4-2-3-5-24(22)34/h2-9,12-15,21,34H,10-11,16H2,1H3,(H2,28,29)(H,31,35)/t21-/m1/s1. The molecule has 0 radical (unpaired) electrons. The number of nitrogen functional groups attached to an aromatic ring is 1. The molecule has 182 valence electrons. The summed E-state index contributed by atoms with van der Waals surface area (Å²) in [5.41, 5.74) is 9.96. The molecular weight excluding hydrogens is 456 g/mol. The van der Waals surface area contributed by atoms with Crippen LogP contribution in [0.4, 0.5) is 5.82 Å². The number of aryl methyl sites for hydroxylation is 1. The first-order valence-electron chi connectivity index (χ1n) is 11.6. The van der Waals surface area contributed by atoms with Crippen molar-refractivity contribution in [1.29, 1.82) is 0 Å². The van der Waals surface area contributed by atoms with E-state index in [9.17, 15) is 14.7 Å². The number of phenols is 1. The minimum Gasteiger partial charge on any atom is -0.507 e. The van der Waals surface area contributed by atoms with Crippen molar-refractivity contribution in [2.45, 2.75) is 12.5 Å². The Morgan fingerprint density at radius 3 is 2.56 bits per heavy atom. The van der Waals surface area contributed by atoms with Crippen molar-refractivity contribution in [3.8, 4) is 28.0 Å². The molecule has 2 aromatic carbocycles. The first-order valence-corrected chi connectivity index (χ1v) is 11.6. The van der Waals surface area contributed by atoms with E-state index >= 15 is 0 Å². The molecule has 2 aromatic heterocycles. The second kappa shape index (κ2) is 9.53. The van der Waals surface area contributed by atoms with Crippen LogP contribution in [0.5, 0.6) is 5.75 Å². The number of benzene rings is 2. The number of carbonyl (C=O) groups excluding carboxylic acids is 2. The number of nitrogens with two attached hydrogens (primary N) is 1. The molecule has 0 spiro atoms. The molecular formula is C27H26N6O3. The number of rotatable bonds is 5. The minimum atomic E-state index is -0.322. The molecule has 4 aromatic rings. The van der Waals surface area contributed by atoms with Crippen LogP contribution in [0, 0.1) is 0 Å². The number of pyridine rings is 1. The van der Waals surface area contributed by atoms with Crippen LogP contribution in [0.25, 0.3) is 22.3 Å². The van der Waals surface area contributed by atoms with E-state index < -0.39 is 0 Å². The molecule has 0 aliphatic carbocycles. The molecule has 0 saturated carbocycles. The number of nitrogens with one attached hydrogen (secondary N) is 1. The van der Waals surface area contributed by atoms with E-state index in [0.717, 1.165) is 16.7 Å². The largest absolute Gasteiger partial charge is 0.507 e. The van der Waals surface area contributed by atoms with E-state index in [1.54, 1.807) is 52.3 Å². The molecule has 9 heteroatoms. The number of hydrogen-bond acceptors (Lipinski definition) is 6. The minimum absolute atomic E-state index is 0.102. The number of amides is 2. The van der Waals surface area contributed by atoms with Crippen molar-refractivity contribution in [2.75, 3.05) is 18.8 Å². The van der Waals surface area contributed by atoms with E-state index in [4.69, 9.17) is 5.73 Å². The van der Waals surface area contributed by atoms with E-state index in [1.807, 2.05) is 37.5 Å². The van der Waals surface area contributed by atoms with Gasteiger partial charge in [-0.3, -0.25) is 14.3 Å². The van der Waals surface area contributed by atoms with E-state index in [2.05, 4.69) is 15.4 Å². The highest BCUT2D eigenvalue weighted by atomic mass is 16.3. The zero-order valence-corrected chi connectivity index (χ0v) is 19.8. The van der Waals surface area contributed by atoms with Crippen LogP contribution < -0.4 is 11.1 Å². The summed E-state index contributed by atoms with van der Waals surface area (Å²) < 4.78 is 1.68. The number of aromatic hydroxyl groups is 1. The van der Waals surface area contributed by atoms with Gasteiger partial charge < -0.3 is 21.1 Å². The normalized spacial score (nSPS) is 15.1. The first kappa shape index (κ1) is 23.1. The van der Waals surface area contributed by atoms with E-state index in [0.29, 0.717) is 36.2 Å². The van der Waals surface area contributed by atoms with Crippen molar-refractivity contribution in [3.63, 3.8) is 0 Å². The summed E-state index contributed by atoms with van der Waals surface area (Å²) in [6.07, 6.45) is 5.79. The Bertz CT molecular complexity index is 1430. The molecule has 36 heavy (non-hydrogen) atoms. The lowest BCUT2D eigenvalue weighted by molar-refractivity contribution is 0.0783. The number of aromatic nitrogens is 3. The Morgan fingerprint density at radius 2 is 1.83 bits per heavy atom. The fourth-order valence-corrected chi connectivity index (χ4v) is 4.40. The number of para-hydroxylation sites is 1. The Balaban J connectivity index is 1.23. The van der Waals surface area contributed by atoms with Crippen molar-refractivity contribution in [1.82, 2.24) is 25.0 Å². The smallest absolute Gasteiger partial charge is 0.255 e. The summed E-state index contributed by atoms with van der Waals surface area (Å²) >= 11 is 0. The zero-order chi connectivity index (χ0) is 25.2. The van der Waals surface area contributed by atoms with Gasteiger partial charge in [-0.15, -0.1) is 0 Å². The van der Waals surface area contributed by atoms with Crippen molar-refractivity contribution < 1.29 is 14.7 Å². The highest BCUT2D eigenvalue weighted by molar-refractivity contribution is 6.00. The van der Waals surface area contributed by atoms with Gasteiger partial charge in [-0.05, 0) is 36.2 Å². The molecule has 4 N–H and O–H groups in total. The molecule has 2 amide bonds. The number of anilines is 1. The third-order valence-electron chi connectivity index (χ3n) is 6.36. The van der Waals surface area contributed by atoms with Crippen LogP contribution in [0.3, 0.4) is 0 Å². The van der Waals surface area contributed by atoms with Gasteiger partial charge in [0.2, 0.25) is 0 Å². The molecule has 1 aliphatic heterocycles. The van der Waals surface area contributed by atoms with Crippen molar-refractivity contribution in [2.24, 2.45) is 7.05 Å². The number of likely N-dealkylation sites (tertiary alicyclic amines) is 1. The van der Waals surface area contributed by atoms with Crippen molar-refractivity contribution in [3.05, 3.63) is 84.3 Å². The molecule has 0 bridgehead atoms. The second-order valence-corrected chi connectivity index (χ2v) is 8.86. The summed E-state index contributed by atoms with van der Waals surface area (Å²) in [6, 6.07) is 15.7. The summed E-state index contributed by atoms with van der Waals surface area (Å²) in [7, 11) is 1.82. The Kier molecular flexibility index (Phi) is 6.12. The molecule has 3 heterocycles. The number of nitrogens with zero attached hydrogens (tertiary/aromatic N) is 4. The number of phenolic OH excluding ortho intramolecular Hbond substituents is 1. The highest BCUT2D eigenvalue weighted by Gasteiger charge is 2.29. The van der Waals surface area contributed by atoms with Crippen LogP contribution in [0.15, 0.2) is 73.2 Å². The van der Waals surface area contributed by atoms with Crippen LogP contribution in [0.2, 0.25) is 0 Å². The maximum Gasteiger partial charge on any atom is 0.255 e. The van der Waals surface area contributed by atoms with Gasteiger partial charge in [0.25, 0.3) is 11.8 Å².